The van der Waals surface area contributed by atoms with E-state index in [0.717, 1.165) is 0 Å². The van der Waals surface area contributed by atoms with Crippen LogP contribution in [0.15, 0.2) is 0 Å². The molecule has 0 heterocycles. The van der Waals surface area contributed by atoms with Gasteiger partial charge in [0.1, 0.15) is 0 Å². The van der Waals surface area contributed by atoms with E-state index < -0.39 is 3.53 Å². The second-order valence-corrected chi connectivity index (χ2v) is 4.87. The summed E-state index contributed by atoms with van der Waals surface area (Å²) >= 11 is 15.1. The molecule has 4 heteroatoms. The van der Waals surface area contributed by atoms with Crippen molar-refractivity contribution >= 4 is 44.0 Å². The van der Waals surface area contributed by atoms with Crippen LogP contribution in [0.1, 0.15) is 0 Å². The minimum absolute atomic E-state index is 1.17. The van der Waals surface area contributed by atoms with E-state index in [1.54, 1.807) is 0 Å². The highest BCUT2D eigenvalue weighted by Crippen LogP contribution is 2.32. The van der Waals surface area contributed by atoms with E-state index >= 15 is 0 Å². The number of rotatable bonds is 0. The van der Waals surface area contributed by atoms with Crippen LogP contribution in [0, 0.1) is 0 Å². The molecule has 0 aliphatic carbocycles. The lowest BCUT2D eigenvalue weighted by atomic mass is 11.8. The van der Waals surface area contributed by atoms with Gasteiger partial charge in [-0.1, -0.05) is 44.0 Å². The molecular formula is CH2Cl3P. The highest BCUT2D eigenvalue weighted by atomic mass is 35.6. The molecule has 1 atom stereocenters. The zero-order valence-corrected chi connectivity index (χ0v) is 5.63. The second-order valence-electron chi connectivity index (χ2n) is 0.542. The molecule has 0 saturated carbocycles. The zero-order valence-electron chi connectivity index (χ0n) is 2.21. The Morgan fingerprint density at radius 2 is 1.20 bits per heavy atom. The Balaban J connectivity index is 3.02. The van der Waals surface area contributed by atoms with Crippen molar-refractivity contribution in [1.82, 2.24) is 0 Å². The summed E-state index contributed by atoms with van der Waals surface area (Å²) in [4.78, 5) is 0. The molecule has 0 saturated heterocycles. The van der Waals surface area contributed by atoms with Gasteiger partial charge in [0.2, 0.25) is 3.53 Å². The van der Waals surface area contributed by atoms with Crippen LogP contribution in [-0.2, 0) is 0 Å². The van der Waals surface area contributed by atoms with Gasteiger partial charge in [-0.25, -0.2) is 0 Å². The van der Waals surface area contributed by atoms with E-state index in [9.17, 15) is 0 Å². The number of halogens is 3. The first-order valence-corrected chi connectivity index (χ1v) is 2.57. The largest absolute Gasteiger partial charge is 0.203 e. The SMILES string of the molecule is PC(Cl)(Cl)Cl. The number of hydrogen-bond donors (Lipinski definition) is 0. The molecular weight excluding hydrogens is 149 g/mol. The summed E-state index contributed by atoms with van der Waals surface area (Å²) in [6.07, 6.45) is 0. The molecule has 5 heavy (non-hydrogen) atoms. The molecule has 0 spiro atoms. The second kappa shape index (κ2) is 1.84. The van der Waals surface area contributed by atoms with Crippen LogP contribution in [0.5, 0.6) is 0 Å². The molecule has 0 aliphatic rings. The zero-order chi connectivity index (χ0) is 4.50. The molecule has 0 rings (SSSR count). The third-order valence-corrected chi connectivity index (χ3v) is 0. The van der Waals surface area contributed by atoms with E-state index in [2.05, 4.69) is 0 Å². The third kappa shape index (κ3) is 34.2. The summed E-state index contributed by atoms with van der Waals surface area (Å²) in [7, 11) is 2.01. The Labute approximate surface area is 48.0 Å². The van der Waals surface area contributed by atoms with Crippen LogP contribution in [0.2, 0.25) is 0 Å². The van der Waals surface area contributed by atoms with Crippen molar-refractivity contribution in [2.75, 3.05) is 0 Å². The molecule has 0 N–H and O–H groups in total. The van der Waals surface area contributed by atoms with Crippen LogP contribution >= 0.6 is 44.0 Å². The number of alkyl halides is 3. The van der Waals surface area contributed by atoms with Crippen molar-refractivity contribution in [2.45, 2.75) is 3.53 Å². The lowest BCUT2D eigenvalue weighted by Crippen LogP contribution is -1.79. The van der Waals surface area contributed by atoms with Crippen molar-refractivity contribution in [3.63, 3.8) is 0 Å². The summed E-state index contributed by atoms with van der Waals surface area (Å²) in [6, 6.07) is 0. The Kier molecular flexibility index (Phi) is 2.32. The summed E-state index contributed by atoms with van der Waals surface area (Å²) in [5, 5.41) is 0. The Bertz CT molecular complexity index is 22.4. The minimum atomic E-state index is -1.17. The topological polar surface area (TPSA) is 0 Å². The van der Waals surface area contributed by atoms with Gasteiger partial charge in [-0.15, -0.1) is 0 Å². The molecule has 1 unspecified atom stereocenters. The number of hydrogen-bond acceptors (Lipinski definition) is 0. The third-order valence-electron chi connectivity index (χ3n) is 0. The van der Waals surface area contributed by atoms with Gasteiger partial charge < -0.3 is 0 Å². The Morgan fingerprint density at radius 3 is 1.20 bits per heavy atom. The maximum Gasteiger partial charge on any atom is 0.203 e. The van der Waals surface area contributed by atoms with Crippen molar-refractivity contribution in [1.29, 1.82) is 0 Å². The van der Waals surface area contributed by atoms with E-state index in [-0.39, 0.29) is 0 Å². The molecule has 0 nitrogen and oxygen atoms in total. The first kappa shape index (κ1) is 6.30. The van der Waals surface area contributed by atoms with E-state index in [1.165, 1.54) is 0 Å². The fourth-order valence-corrected chi connectivity index (χ4v) is 0. The highest BCUT2D eigenvalue weighted by Gasteiger charge is 2.07. The van der Waals surface area contributed by atoms with Gasteiger partial charge in [-0.2, -0.15) is 0 Å². The molecule has 0 amide bonds. The van der Waals surface area contributed by atoms with Crippen molar-refractivity contribution in [2.24, 2.45) is 0 Å². The van der Waals surface area contributed by atoms with Gasteiger partial charge in [-0.3, -0.25) is 0 Å². The van der Waals surface area contributed by atoms with Gasteiger partial charge in [0.15, 0.2) is 0 Å². The normalized spacial score (nSPS) is 12.0. The predicted molar refractivity (Wildman–Crippen MR) is 30.0 cm³/mol. The van der Waals surface area contributed by atoms with Crippen LogP contribution in [0.3, 0.4) is 0 Å². The molecule has 0 radical (unpaired) electrons. The maximum atomic E-state index is 5.02. The summed E-state index contributed by atoms with van der Waals surface area (Å²) in [5.41, 5.74) is 0. The quantitative estimate of drug-likeness (QED) is 0.368. The standard InChI is InChI=1S/CH2Cl3P/c2-1(3,4)5/h5H2. The van der Waals surface area contributed by atoms with Crippen LogP contribution in [0.4, 0.5) is 0 Å². The van der Waals surface area contributed by atoms with Gasteiger partial charge >= 0.3 is 0 Å². The predicted octanol–water partition coefficient (Wildman–Crippen LogP) is 2.19. The molecule has 32 valence electrons. The van der Waals surface area contributed by atoms with Crippen LogP contribution < -0.4 is 0 Å². The van der Waals surface area contributed by atoms with Gasteiger partial charge in [0.25, 0.3) is 0 Å². The molecule has 0 aromatic carbocycles. The summed E-state index contributed by atoms with van der Waals surface area (Å²) in [5.74, 6) is 0. The fourth-order valence-electron chi connectivity index (χ4n) is 0. The molecule has 0 bridgehead atoms. The lowest BCUT2D eigenvalue weighted by Gasteiger charge is -1.94. The first-order chi connectivity index (χ1) is 2.00. The van der Waals surface area contributed by atoms with E-state index in [0.29, 0.717) is 0 Å². The minimum Gasteiger partial charge on any atom is -0.0820 e. The molecule has 0 aromatic heterocycles. The fraction of sp³-hybridized carbons (Fsp3) is 1.00. The summed E-state index contributed by atoms with van der Waals surface area (Å²) in [6.45, 7) is 0. The maximum absolute atomic E-state index is 5.02. The Morgan fingerprint density at radius 1 is 1.20 bits per heavy atom. The summed E-state index contributed by atoms with van der Waals surface area (Å²) < 4.78 is -1.17. The molecule has 0 aliphatic heterocycles. The van der Waals surface area contributed by atoms with E-state index in [1.807, 2.05) is 9.24 Å². The average molecular weight is 151 g/mol. The Hall–Kier alpha value is 1.30. The van der Waals surface area contributed by atoms with E-state index in [4.69, 9.17) is 34.8 Å². The van der Waals surface area contributed by atoms with Crippen molar-refractivity contribution in [3.8, 4) is 0 Å². The van der Waals surface area contributed by atoms with Gasteiger partial charge in [0.05, 0.1) is 0 Å². The first-order valence-electron chi connectivity index (χ1n) is 0.856. The van der Waals surface area contributed by atoms with Crippen molar-refractivity contribution in [3.05, 3.63) is 0 Å². The monoisotopic (exact) mass is 150 g/mol. The van der Waals surface area contributed by atoms with Crippen LogP contribution in [-0.4, -0.2) is 3.53 Å². The average Bonchev–Trinajstić information content (AvgIpc) is 0.722. The molecule has 0 fully saturated rings. The highest BCUT2D eigenvalue weighted by molar-refractivity contribution is 7.32. The van der Waals surface area contributed by atoms with Crippen LogP contribution in [0.25, 0.3) is 0 Å². The van der Waals surface area contributed by atoms with Gasteiger partial charge in [0, 0.05) is 0 Å². The van der Waals surface area contributed by atoms with Crippen molar-refractivity contribution < 1.29 is 0 Å². The molecule has 0 aromatic rings. The van der Waals surface area contributed by atoms with Gasteiger partial charge in [-0.05, 0) is 0 Å². The smallest absolute Gasteiger partial charge is 0.0820 e. The lowest BCUT2D eigenvalue weighted by molar-refractivity contribution is 1.80.